The fourth-order valence-electron chi connectivity index (χ4n) is 5.32. The number of hydrogen-bond acceptors (Lipinski definition) is 9. The molecule has 1 unspecified atom stereocenters. The molecule has 0 aromatic carbocycles. The van der Waals surface area contributed by atoms with Crippen molar-refractivity contribution in [3.05, 3.63) is 24.3 Å². The van der Waals surface area contributed by atoms with Gasteiger partial charge in [0.25, 0.3) is 0 Å². The van der Waals surface area contributed by atoms with Crippen LogP contribution in [0, 0.1) is 0 Å². The zero-order valence-corrected chi connectivity index (χ0v) is 32.5. The third-order valence-electron chi connectivity index (χ3n) is 8.32. The summed E-state index contributed by atoms with van der Waals surface area (Å²) >= 11 is 0. The van der Waals surface area contributed by atoms with Crippen LogP contribution in [-0.4, -0.2) is 55.1 Å². The number of ether oxygens (including phenoxy) is 2. The third-order valence-corrected chi connectivity index (χ3v) is 9.30. The van der Waals surface area contributed by atoms with Crippen LogP contribution in [0.15, 0.2) is 24.3 Å². The highest BCUT2D eigenvalue weighted by molar-refractivity contribution is 7.47. The number of phosphoric ester groups is 1. The van der Waals surface area contributed by atoms with Crippen LogP contribution in [0.1, 0.15) is 174 Å². The molecule has 0 amide bonds. The van der Waals surface area contributed by atoms with Crippen molar-refractivity contribution in [3.63, 3.8) is 0 Å². The predicted octanol–water partition coefficient (Wildman–Crippen LogP) is 10.0. The summed E-state index contributed by atoms with van der Waals surface area (Å²) in [6.07, 6.45) is 31.8. The Bertz CT molecular complexity index is 941. The van der Waals surface area contributed by atoms with Gasteiger partial charge in [-0.3, -0.25) is 23.4 Å². The lowest BCUT2D eigenvalue weighted by molar-refractivity contribution is -0.161. The standard InChI is InChI=1S/C39H72NO9P/c1-3-5-7-8-9-10-11-12-13-16-20-23-27-31-39(43)49-37(35-48-50(44,45)47-33-32-40)34-46-38(42)30-26-22-19-17-14-15-18-21-25-29-36(41)28-24-6-4-2/h18,21,25,29,37H,3-17,19-20,22-24,26-28,30-35,40H2,1-2H3,(H,44,45)/b21-18-,29-25+/t37-/m1/s1. The summed E-state index contributed by atoms with van der Waals surface area (Å²) in [6, 6.07) is 0. The van der Waals surface area contributed by atoms with Crippen molar-refractivity contribution in [1.82, 2.24) is 0 Å². The molecule has 0 aliphatic carbocycles. The first-order valence-electron chi connectivity index (χ1n) is 19.8. The summed E-state index contributed by atoms with van der Waals surface area (Å²) in [4.78, 5) is 46.4. The Labute approximate surface area is 304 Å². The highest BCUT2D eigenvalue weighted by atomic mass is 31.2. The molecule has 0 rings (SSSR count). The lowest BCUT2D eigenvalue weighted by Crippen LogP contribution is -2.29. The Hall–Kier alpha value is -1.84. The Balaban J connectivity index is 4.26. The molecule has 3 N–H and O–H groups in total. The molecular weight excluding hydrogens is 657 g/mol. The van der Waals surface area contributed by atoms with Crippen molar-refractivity contribution >= 4 is 25.5 Å². The first-order valence-corrected chi connectivity index (χ1v) is 21.3. The van der Waals surface area contributed by atoms with Crippen LogP contribution in [0.3, 0.4) is 0 Å². The molecular formula is C39H72NO9P. The van der Waals surface area contributed by atoms with Crippen molar-refractivity contribution in [2.75, 3.05) is 26.4 Å². The van der Waals surface area contributed by atoms with E-state index in [9.17, 15) is 23.8 Å². The van der Waals surface area contributed by atoms with Crippen LogP contribution in [0.25, 0.3) is 0 Å². The van der Waals surface area contributed by atoms with Crippen LogP contribution in [0.4, 0.5) is 0 Å². The number of nitrogens with two attached hydrogens (primary N) is 1. The van der Waals surface area contributed by atoms with Gasteiger partial charge in [-0.2, -0.15) is 0 Å². The minimum atomic E-state index is -4.39. The van der Waals surface area contributed by atoms with Gasteiger partial charge in [-0.15, -0.1) is 0 Å². The van der Waals surface area contributed by atoms with E-state index in [0.717, 1.165) is 70.6 Å². The zero-order valence-electron chi connectivity index (χ0n) is 31.6. The second-order valence-corrected chi connectivity index (χ2v) is 14.6. The van der Waals surface area contributed by atoms with Crippen LogP contribution in [0.5, 0.6) is 0 Å². The Morgan fingerprint density at radius 1 is 0.640 bits per heavy atom. The number of carbonyl (C=O) groups is 3. The Kier molecular flexibility index (Phi) is 34.2. The molecule has 0 aromatic heterocycles. The molecule has 0 bridgehead atoms. The number of allylic oxidation sites excluding steroid dienone is 4. The molecule has 0 aromatic rings. The second-order valence-electron chi connectivity index (χ2n) is 13.2. The summed E-state index contributed by atoms with van der Waals surface area (Å²) in [5, 5.41) is 0. The van der Waals surface area contributed by atoms with E-state index < -0.39 is 32.5 Å². The van der Waals surface area contributed by atoms with E-state index in [0.29, 0.717) is 19.3 Å². The van der Waals surface area contributed by atoms with Gasteiger partial charge in [0, 0.05) is 25.8 Å². The zero-order chi connectivity index (χ0) is 37.0. The van der Waals surface area contributed by atoms with E-state index >= 15 is 0 Å². The van der Waals surface area contributed by atoms with Crippen LogP contribution >= 0.6 is 7.82 Å². The van der Waals surface area contributed by atoms with Crippen LogP contribution in [0.2, 0.25) is 0 Å². The second kappa shape index (κ2) is 35.6. The van der Waals surface area contributed by atoms with Gasteiger partial charge in [0.2, 0.25) is 0 Å². The number of unbranched alkanes of at least 4 members (excludes halogenated alkanes) is 19. The summed E-state index contributed by atoms with van der Waals surface area (Å²) < 4.78 is 32.6. The Morgan fingerprint density at radius 3 is 1.72 bits per heavy atom. The average molecular weight is 730 g/mol. The van der Waals surface area contributed by atoms with E-state index in [-0.39, 0.29) is 38.4 Å². The molecule has 10 nitrogen and oxygen atoms in total. The van der Waals surface area contributed by atoms with E-state index in [2.05, 4.69) is 19.9 Å². The lowest BCUT2D eigenvalue weighted by atomic mass is 10.0. The normalized spacial score (nSPS) is 13.5. The number of ketones is 1. The molecule has 0 aliphatic rings. The summed E-state index contributed by atoms with van der Waals surface area (Å²) in [6.45, 7) is 3.52. The van der Waals surface area contributed by atoms with Crippen LogP contribution in [-0.2, 0) is 37.5 Å². The molecule has 0 saturated carbocycles. The average Bonchev–Trinajstić information content (AvgIpc) is 3.09. The summed E-state index contributed by atoms with van der Waals surface area (Å²) in [5.74, 6) is -0.709. The topological polar surface area (TPSA) is 151 Å². The van der Waals surface area contributed by atoms with Crippen molar-refractivity contribution in [2.45, 2.75) is 180 Å². The largest absolute Gasteiger partial charge is 0.472 e. The van der Waals surface area contributed by atoms with Gasteiger partial charge in [0.1, 0.15) is 6.61 Å². The quantitative estimate of drug-likeness (QED) is 0.0208. The van der Waals surface area contributed by atoms with Crippen molar-refractivity contribution in [3.8, 4) is 0 Å². The molecule has 2 atom stereocenters. The maximum Gasteiger partial charge on any atom is 0.472 e. The SMILES string of the molecule is CCCCCCCCCCCCCCCC(=O)O[C@H](COC(=O)CCCCCCC/C=C\C=C\C(=O)CCCCC)COP(=O)(O)OCCN. The Morgan fingerprint density at radius 2 is 1.14 bits per heavy atom. The monoisotopic (exact) mass is 729 g/mol. The van der Waals surface area contributed by atoms with Gasteiger partial charge in [0.05, 0.1) is 13.2 Å². The lowest BCUT2D eigenvalue weighted by Gasteiger charge is -2.19. The molecule has 0 heterocycles. The highest BCUT2D eigenvalue weighted by Crippen LogP contribution is 2.43. The first kappa shape index (κ1) is 48.2. The minimum absolute atomic E-state index is 0.0419. The maximum atomic E-state index is 12.5. The minimum Gasteiger partial charge on any atom is -0.462 e. The number of phosphoric acid groups is 1. The molecule has 292 valence electrons. The molecule has 0 saturated heterocycles. The van der Waals surface area contributed by atoms with E-state index in [4.69, 9.17) is 24.3 Å². The third kappa shape index (κ3) is 34.6. The fourth-order valence-corrected chi connectivity index (χ4v) is 6.09. The maximum absolute atomic E-state index is 12.5. The molecule has 0 radical (unpaired) electrons. The number of carbonyl (C=O) groups excluding carboxylic acids is 3. The predicted molar refractivity (Wildman–Crippen MR) is 202 cm³/mol. The van der Waals surface area contributed by atoms with Gasteiger partial charge in [-0.05, 0) is 38.2 Å². The fraction of sp³-hybridized carbons (Fsp3) is 0.821. The molecule has 0 fully saturated rings. The van der Waals surface area contributed by atoms with E-state index in [1.165, 1.54) is 57.8 Å². The molecule has 0 aliphatic heterocycles. The molecule has 11 heteroatoms. The van der Waals surface area contributed by atoms with E-state index in [1.54, 1.807) is 6.08 Å². The number of esters is 2. The molecule has 0 spiro atoms. The van der Waals surface area contributed by atoms with Gasteiger partial charge in [-0.1, -0.05) is 141 Å². The number of rotatable bonds is 37. The first-order chi connectivity index (χ1) is 24.2. The van der Waals surface area contributed by atoms with Crippen LogP contribution < -0.4 is 5.73 Å². The van der Waals surface area contributed by atoms with Crippen molar-refractivity contribution in [1.29, 1.82) is 0 Å². The van der Waals surface area contributed by atoms with Crippen molar-refractivity contribution in [2.24, 2.45) is 5.73 Å². The molecule has 50 heavy (non-hydrogen) atoms. The summed E-state index contributed by atoms with van der Waals surface area (Å²) in [7, 11) is -4.39. The smallest absolute Gasteiger partial charge is 0.462 e. The van der Waals surface area contributed by atoms with E-state index in [1.807, 2.05) is 12.2 Å². The highest BCUT2D eigenvalue weighted by Gasteiger charge is 2.26. The summed E-state index contributed by atoms with van der Waals surface area (Å²) in [5.41, 5.74) is 5.33. The van der Waals surface area contributed by atoms with Gasteiger partial charge in [0.15, 0.2) is 11.9 Å². The van der Waals surface area contributed by atoms with Crippen molar-refractivity contribution < 1.29 is 42.4 Å². The van der Waals surface area contributed by atoms with Gasteiger partial charge < -0.3 is 20.1 Å². The number of hydrogen-bond donors (Lipinski definition) is 2. The van der Waals surface area contributed by atoms with Gasteiger partial charge in [-0.25, -0.2) is 4.57 Å². The van der Waals surface area contributed by atoms with Gasteiger partial charge >= 0.3 is 19.8 Å².